The second-order valence-electron chi connectivity index (χ2n) is 4.59. The molecular formula is C16H16ClFO. The number of aryl methyl sites for hydroxylation is 2. The van der Waals surface area contributed by atoms with Gasteiger partial charge in [-0.25, -0.2) is 4.39 Å². The van der Waals surface area contributed by atoms with E-state index in [1.165, 1.54) is 12.1 Å². The highest BCUT2D eigenvalue weighted by atomic mass is 35.5. The molecule has 3 heteroatoms. The van der Waals surface area contributed by atoms with Gasteiger partial charge in [-0.15, -0.1) is 11.6 Å². The standard InChI is InChI=1S/C16H16ClFO/c1-10-8-12(18)4-6-14(10)16(17)15-7-5-13(19-3)9-11(15)2/h4-9,16H,1-3H3. The quantitative estimate of drug-likeness (QED) is 0.734. The maximum absolute atomic E-state index is 13.1. The summed E-state index contributed by atoms with van der Waals surface area (Å²) in [6.07, 6.45) is 0. The summed E-state index contributed by atoms with van der Waals surface area (Å²) >= 11 is 6.53. The molecule has 2 aromatic rings. The van der Waals surface area contributed by atoms with Crippen LogP contribution in [0.5, 0.6) is 5.75 Å². The Morgan fingerprint density at radius 1 is 1.00 bits per heavy atom. The topological polar surface area (TPSA) is 9.23 Å². The Kier molecular flexibility index (Phi) is 4.11. The normalized spacial score (nSPS) is 12.3. The molecule has 0 saturated heterocycles. The third-order valence-corrected chi connectivity index (χ3v) is 3.73. The minimum absolute atomic E-state index is 0.239. The van der Waals surface area contributed by atoms with Gasteiger partial charge >= 0.3 is 0 Å². The fourth-order valence-electron chi connectivity index (χ4n) is 2.15. The van der Waals surface area contributed by atoms with E-state index in [-0.39, 0.29) is 11.2 Å². The number of methoxy groups -OCH3 is 1. The van der Waals surface area contributed by atoms with E-state index < -0.39 is 0 Å². The van der Waals surface area contributed by atoms with Crippen LogP contribution >= 0.6 is 11.6 Å². The van der Waals surface area contributed by atoms with Crippen LogP contribution < -0.4 is 4.74 Å². The van der Waals surface area contributed by atoms with Gasteiger partial charge in [0.2, 0.25) is 0 Å². The molecule has 0 bridgehead atoms. The molecule has 0 spiro atoms. The van der Waals surface area contributed by atoms with Crippen molar-refractivity contribution in [2.24, 2.45) is 0 Å². The van der Waals surface area contributed by atoms with E-state index in [0.29, 0.717) is 0 Å². The summed E-state index contributed by atoms with van der Waals surface area (Å²) in [5.74, 6) is 0.567. The Hall–Kier alpha value is -1.54. The van der Waals surface area contributed by atoms with Gasteiger partial charge in [0.15, 0.2) is 0 Å². The van der Waals surface area contributed by atoms with Crippen LogP contribution in [0.25, 0.3) is 0 Å². The summed E-state index contributed by atoms with van der Waals surface area (Å²) in [5.41, 5.74) is 3.85. The lowest BCUT2D eigenvalue weighted by Gasteiger charge is -2.16. The van der Waals surface area contributed by atoms with Crippen molar-refractivity contribution in [3.05, 3.63) is 64.5 Å². The molecule has 2 rings (SSSR count). The van der Waals surface area contributed by atoms with Gasteiger partial charge in [-0.1, -0.05) is 12.1 Å². The van der Waals surface area contributed by atoms with Crippen LogP contribution in [0.4, 0.5) is 4.39 Å². The first kappa shape index (κ1) is 13.9. The SMILES string of the molecule is COc1ccc(C(Cl)c2ccc(F)cc2C)c(C)c1. The lowest BCUT2D eigenvalue weighted by atomic mass is 9.96. The minimum atomic E-state index is -0.286. The van der Waals surface area contributed by atoms with Crippen LogP contribution in [0.1, 0.15) is 27.6 Å². The molecule has 1 nitrogen and oxygen atoms in total. The largest absolute Gasteiger partial charge is 0.497 e. The Balaban J connectivity index is 2.41. The summed E-state index contributed by atoms with van der Waals surface area (Å²) in [7, 11) is 1.64. The van der Waals surface area contributed by atoms with Crippen LogP contribution in [-0.2, 0) is 0 Å². The summed E-state index contributed by atoms with van der Waals surface area (Å²) in [6.45, 7) is 3.86. The Labute approximate surface area is 118 Å². The summed E-state index contributed by atoms with van der Waals surface area (Å²) in [4.78, 5) is 0. The van der Waals surface area contributed by atoms with Crippen molar-refractivity contribution in [1.29, 1.82) is 0 Å². The highest BCUT2D eigenvalue weighted by Crippen LogP contribution is 2.34. The smallest absolute Gasteiger partial charge is 0.123 e. The number of halogens is 2. The predicted octanol–water partition coefficient (Wildman–Crippen LogP) is 4.78. The van der Waals surface area contributed by atoms with Crippen molar-refractivity contribution in [3.8, 4) is 5.75 Å². The Morgan fingerprint density at radius 3 is 2.11 bits per heavy atom. The van der Waals surface area contributed by atoms with Crippen LogP contribution in [-0.4, -0.2) is 7.11 Å². The predicted molar refractivity (Wildman–Crippen MR) is 76.6 cm³/mol. The highest BCUT2D eigenvalue weighted by Gasteiger charge is 2.16. The van der Waals surface area contributed by atoms with Gasteiger partial charge in [0.1, 0.15) is 11.6 Å². The third-order valence-electron chi connectivity index (χ3n) is 3.25. The molecule has 0 fully saturated rings. The van der Waals surface area contributed by atoms with Gasteiger partial charge in [-0.3, -0.25) is 0 Å². The number of rotatable bonds is 3. The number of benzene rings is 2. The maximum atomic E-state index is 13.1. The van der Waals surface area contributed by atoms with E-state index in [1.807, 2.05) is 32.0 Å². The van der Waals surface area contributed by atoms with Crippen molar-refractivity contribution in [3.63, 3.8) is 0 Å². The first-order valence-corrected chi connectivity index (χ1v) is 6.51. The molecule has 0 heterocycles. The summed E-state index contributed by atoms with van der Waals surface area (Å²) < 4.78 is 18.3. The molecule has 100 valence electrons. The number of hydrogen-bond acceptors (Lipinski definition) is 1. The average Bonchev–Trinajstić information content (AvgIpc) is 2.37. The molecule has 2 aromatic carbocycles. The van der Waals surface area contributed by atoms with E-state index in [0.717, 1.165) is 28.0 Å². The first-order chi connectivity index (χ1) is 9.02. The van der Waals surface area contributed by atoms with Crippen LogP contribution in [0.15, 0.2) is 36.4 Å². The molecule has 19 heavy (non-hydrogen) atoms. The van der Waals surface area contributed by atoms with Gasteiger partial charge < -0.3 is 4.74 Å². The maximum Gasteiger partial charge on any atom is 0.123 e. The number of alkyl halides is 1. The second kappa shape index (κ2) is 5.62. The monoisotopic (exact) mass is 278 g/mol. The van der Waals surface area contributed by atoms with Crippen molar-refractivity contribution < 1.29 is 9.13 Å². The van der Waals surface area contributed by atoms with Crippen LogP contribution in [0.2, 0.25) is 0 Å². The molecule has 0 aliphatic carbocycles. The lowest BCUT2D eigenvalue weighted by Crippen LogP contribution is -2.00. The Morgan fingerprint density at radius 2 is 1.58 bits per heavy atom. The summed E-state index contributed by atoms with van der Waals surface area (Å²) in [6, 6.07) is 10.5. The Bertz CT molecular complexity index is 595. The van der Waals surface area contributed by atoms with Gasteiger partial charge in [-0.05, 0) is 60.4 Å². The molecule has 0 saturated carbocycles. The first-order valence-electron chi connectivity index (χ1n) is 6.07. The zero-order valence-electron chi connectivity index (χ0n) is 11.2. The molecule has 0 amide bonds. The molecule has 0 radical (unpaired) electrons. The molecular weight excluding hydrogens is 263 g/mol. The van der Waals surface area contributed by atoms with Gasteiger partial charge in [0.05, 0.1) is 12.5 Å². The van der Waals surface area contributed by atoms with Crippen LogP contribution in [0.3, 0.4) is 0 Å². The van der Waals surface area contributed by atoms with Crippen molar-refractivity contribution in [2.75, 3.05) is 7.11 Å². The molecule has 0 aliphatic rings. The number of ether oxygens (including phenoxy) is 1. The lowest BCUT2D eigenvalue weighted by molar-refractivity contribution is 0.414. The fourth-order valence-corrected chi connectivity index (χ4v) is 2.64. The van der Waals surface area contributed by atoms with Gasteiger partial charge in [0.25, 0.3) is 0 Å². The molecule has 0 N–H and O–H groups in total. The molecule has 0 aliphatic heterocycles. The minimum Gasteiger partial charge on any atom is -0.497 e. The van der Waals surface area contributed by atoms with Crippen LogP contribution in [0, 0.1) is 19.7 Å². The number of hydrogen-bond donors (Lipinski definition) is 0. The summed E-state index contributed by atoms with van der Waals surface area (Å²) in [5, 5.41) is -0.286. The van der Waals surface area contributed by atoms with E-state index in [4.69, 9.17) is 16.3 Å². The molecule has 1 unspecified atom stereocenters. The van der Waals surface area contributed by atoms with E-state index in [1.54, 1.807) is 13.2 Å². The fraction of sp³-hybridized carbons (Fsp3) is 0.250. The average molecular weight is 279 g/mol. The highest BCUT2D eigenvalue weighted by molar-refractivity contribution is 6.22. The van der Waals surface area contributed by atoms with E-state index >= 15 is 0 Å². The van der Waals surface area contributed by atoms with Gasteiger partial charge in [0, 0.05) is 0 Å². The zero-order chi connectivity index (χ0) is 14.0. The zero-order valence-corrected chi connectivity index (χ0v) is 12.0. The van der Waals surface area contributed by atoms with Crippen molar-refractivity contribution >= 4 is 11.6 Å². The second-order valence-corrected chi connectivity index (χ2v) is 5.02. The van der Waals surface area contributed by atoms with Crippen molar-refractivity contribution in [1.82, 2.24) is 0 Å². The van der Waals surface area contributed by atoms with E-state index in [2.05, 4.69) is 0 Å². The molecule has 1 atom stereocenters. The van der Waals surface area contributed by atoms with Crippen molar-refractivity contribution in [2.45, 2.75) is 19.2 Å². The molecule has 0 aromatic heterocycles. The third kappa shape index (κ3) is 2.90. The van der Waals surface area contributed by atoms with Gasteiger partial charge in [-0.2, -0.15) is 0 Å². The van der Waals surface area contributed by atoms with E-state index in [9.17, 15) is 4.39 Å².